The van der Waals surface area contributed by atoms with E-state index in [0.29, 0.717) is 0 Å². The third-order valence-electron chi connectivity index (χ3n) is 3.77. The quantitative estimate of drug-likeness (QED) is 0.642. The molecule has 96 valence electrons. The smallest absolute Gasteiger partial charge is 0.0771 e. The Labute approximate surface area is 101 Å². The number of rotatable bonds is 8. The first kappa shape index (κ1) is 13.9. The van der Waals surface area contributed by atoms with E-state index < -0.39 is 0 Å². The first-order chi connectivity index (χ1) is 7.70. The molecule has 0 spiro atoms. The molecule has 1 atom stereocenters. The summed E-state index contributed by atoms with van der Waals surface area (Å²) in [6.45, 7) is 10.3. The molecule has 1 unspecified atom stereocenters. The third kappa shape index (κ3) is 4.81. The van der Waals surface area contributed by atoms with Crippen LogP contribution in [0.4, 0.5) is 0 Å². The Morgan fingerprint density at radius 1 is 1.31 bits per heavy atom. The summed E-state index contributed by atoms with van der Waals surface area (Å²) in [5.74, 6) is 0. The molecular formula is C13H28N2O. The lowest BCUT2D eigenvalue weighted by Crippen LogP contribution is -2.39. The summed E-state index contributed by atoms with van der Waals surface area (Å²) < 4.78 is 5.49. The second-order valence-electron chi connectivity index (χ2n) is 5.09. The number of ether oxygens (including phenoxy) is 1. The molecule has 0 aromatic rings. The Hall–Kier alpha value is -0.120. The van der Waals surface area contributed by atoms with Crippen molar-refractivity contribution in [3.63, 3.8) is 0 Å². The molecule has 0 amide bonds. The van der Waals surface area contributed by atoms with Crippen molar-refractivity contribution in [3.05, 3.63) is 0 Å². The number of hydrogen-bond donors (Lipinski definition) is 1. The normalized spacial score (nSPS) is 21.2. The molecule has 0 radical (unpaired) electrons. The third-order valence-corrected chi connectivity index (χ3v) is 3.77. The lowest BCUT2D eigenvalue weighted by atomic mass is 10.0. The number of nitrogens with zero attached hydrogens (tertiary/aromatic N) is 1. The molecule has 1 aliphatic rings. The van der Waals surface area contributed by atoms with Gasteiger partial charge in [-0.2, -0.15) is 0 Å². The van der Waals surface area contributed by atoms with Gasteiger partial charge in [0.2, 0.25) is 0 Å². The Morgan fingerprint density at radius 2 is 2.00 bits per heavy atom. The molecule has 16 heavy (non-hydrogen) atoms. The van der Waals surface area contributed by atoms with E-state index in [0.717, 1.165) is 19.5 Å². The van der Waals surface area contributed by atoms with Crippen molar-refractivity contribution in [2.75, 3.05) is 39.8 Å². The van der Waals surface area contributed by atoms with E-state index in [1.165, 1.54) is 38.9 Å². The van der Waals surface area contributed by atoms with Crippen molar-refractivity contribution in [2.24, 2.45) is 0 Å². The number of methoxy groups -OCH3 is 1. The fourth-order valence-electron chi connectivity index (χ4n) is 2.13. The summed E-state index contributed by atoms with van der Waals surface area (Å²) >= 11 is 0. The average Bonchev–Trinajstić information content (AvgIpc) is 2.81. The lowest BCUT2D eigenvalue weighted by Gasteiger charge is -2.27. The standard InChI is InChI=1S/C13H28N2O/c1-4-13(2,16-3)12-14-8-7-11-15-9-5-6-10-15/h14H,4-12H2,1-3H3. The highest BCUT2D eigenvalue weighted by Crippen LogP contribution is 2.12. The first-order valence-electron chi connectivity index (χ1n) is 6.68. The van der Waals surface area contributed by atoms with Crippen molar-refractivity contribution in [1.29, 1.82) is 0 Å². The van der Waals surface area contributed by atoms with Crippen molar-refractivity contribution in [1.82, 2.24) is 10.2 Å². The molecule has 3 nitrogen and oxygen atoms in total. The Morgan fingerprint density at radius 3 is 2.56 bits per heavy atom. The number of hydrogen-bond acceptors (Lipinski definition) is 3. The van der Waals surface area contributed by atoms with Gasteiger partial charge in [0.25, 0.3) is 0 Å². The van der Waals surface area contributed by atoms with Gasteiger partial charge in [-0.15, -0.1) is 0 Å². The van der Waals surface area contributed by atoms with Crippen LogP contribution in [-0.4, -0.2) is 50.3 Å². The van der Waals surface area contributed by atoms with Gasteiger partial charge in [-0.05, 0) is 58.8 Å². The zero-order valence-electron chi connectivity index (χ0n) is 11.2. The molecule has 1 N–H and O–H groups in total. The monoisotopic (exact) mass is 228 g/mol. The van der Waals surface area contributed by atoms with Gasteiger partial charge in [0.1, 0.15) is 0 Å². The Bertz CT molecular complexity index is 175. The zero-order chi connectivity index (χ0) is 11.9. The summed E-state index contributed by atoms with van der Waals surface area (Å²) in [5, 5.41) is 3.50. The van der Waals surface area contributed by atoms with Gasteiger partial charge >= 0.3 is 0 Å². The van der Waals surface area contributed by atoms with E-state index in [-0.39, 0.29) is 5.60 Å². The second kappa shape index (κ2) is 7.25. The molecule has 1 heterocycles. The second-order valence-corrected chi connectivity index (χ2v) is 5.09. The minimum absolute atomic E-state index is 0.00758. The molecule has 0 saturated carbocycles. The van der Waals surface area contributed by atoms with Gasteiger partial charge in [-0.3, -0.25) is 0 Å². The summed E-state index contributed by atoms with van der Waals surface area (Å²) in [4.78, 5) is 2.57. The van der Waals surface area contributed by atoms with Gasteiger partial charge in [0.05, 0.1) is 5.60 Å². The Balaban J connectivity index is 1.98. The van der Waals surface area contributed by atoms with Gasteiger partial charge in [0.15, 0.2) is 0 Å². The maximum atomic E-state index is 5.49. The van der Waals surface area contributed by atoms with Gasteiger partial charge < -0.3 is 15.0 Å². The first-order valence-corrected chi connectivity index (χ1v) is 6.68. The van der Waals surface area contributed by atoms with Crippen molar-refractivity contribution >= 4 is 0 Å². The maximum absolute atomic E-state index is 5.49. The molecule has 3 heteroatoms. The van der Waals surface area contributed by atoms with Crippen LogP contribution < -0.4 is 5.32 Å². The van der Waals surface area contributed by atoms with Crippen LogP contribution in [-0.2, 0) is 4.74 Å². The summed E-state index contributed by atoms with van der Waals surface area (Å²) in [6.07, 6.45) is 5.10. The molecule has 1 rings (SSSR count). The zero-order valence-corrected chi connectivity index (χ0v) is 11.2. The summed E-state index contributed by atoms with van der Waals surface area (Å²) in [5.41, 5.74) is 0.00758. The largest absolute Gasteiger partial charge is 0.377 e. The number of likely N-dealkylation sites (tertiary alicyclic amines) is 1. The molecule has 1 fully saturated rings. The average molecular weight is 228 g/mol. The van der Waals surface area contributed by atoms with Gasteiger partial charge in [-0.25, -0.2) is 0 Å². The van der Waals surface area contributed by atoms with Gasteiger partial charge in [0, 0.05) is 13.7 Å². The van der Waals surface area contributed by atoms with Crippen LogP contribution in [0.2, 0.25) is 0 Å². The fraction of sp³-hybridized carbons (Fsp3) is 1.00. The molecule has 0 aliphatic carbocycles. The predicted molar refractivity (Wildman–Crippen MR) is 68.9 cm³/mol. The van der Waals surface area contributed by atoms with Crippen molar-refractivity contribution in [3.8, 4) is 0 Å². The van der Waals surface area contributed by atoms with Crippen LogP contribution in [0, 0.1) is 0 Å². The van der Waals surface area contributed by atoms with Crippen LogP contribution in [0.5, 0.6) is 0 Å². The molecule has 0 aromatic carbocycles. The molecule has 0 aromatic heterocycles. The van der Waals surface area contributed by atoms with Crippen LogP contribution in [0.25, 0.3) is 0 Å². The molecular weight excluding hydrogens is 200 g/mol. The van der Waals surface area contributed by atoms with Crippen molar-refractivity contribution in [2.45, 2.75) is 45.1 Å². The van der Waals surface area contributed by atoms with Crippen LogP contribution in [0.3, 0.4) is 0 Å². The summed E-state index contributed by atoms with van der Waals surface area (Å²) in [7, 11) is 1.80. The van der Waals surface area contributed by atoms with Crippen LogP contribution in [0.15, 0.2) is 0 Å². The Kier molecular flexibility index (Phi) is 6.32. The highest BCUT2D eigenvalue weighted by atomic mass is 16.5. The lowest BCUT2D eigenvalue weighted by molar-refractivity contribution is 0.00376. The maximum Gasteiger partial charge on any atom is 0.0771 e. The SMILES string of the molecule is CCC(C)(CNCCCN1CCCC1)OC. The molecule has 1 aliphatic heterocycles. The van der Waals surface area contributed by atoms with Crippen LogP contribution >= 0.6 is 0 Å². The predicted octanol–water partition coefficient (Wildman–Crippen LogP) is 1.88. The highest BCUT2D eigenvalue weighted by molar-refractivity contribution is 4.75. The van der Waals surface area contributed by atoms with Gasteiger partial charge in [-0.1, -0.05) is 6.92 Å². The minimum atomic E-state index is 0.00758. The highest BCUT2D eigenvalue weighted by Gasteiger charge is 2.19. The minimum Gasteiger partial charge on any atom is -0.377 e. The topological polar surface area (TPSA) is 24.5 Å². The fourth-order valence-corrected chi connectivity index (χ4v) is 2.13. The van der Waals surface area contributed by atoms with Crippen molar-refractivity contribution < 1.29 is 4.74 Å². The van der Waals surface area contributed by atoms with E-state index >= 15 is 0 Å². The van der Waals surface area contributed by atoms with E-state index in [1.807, 2.05) is 0 Å². The van der Waals surface area contributed by atoms with E-state index in [2.05, 4.69) is 24.1 Å². The summed E-state index contributed by atoms with van der Waals surface area (Å²) in [6, 6.07) is 0. The van der Waals surface area contributed by atoms with E-state index in [4.69, 9.17) is 4.74 Å². The van der Waals surface area contributed by atoms with Crippen LogP contribution in [0.1, 0.15) is 39.5 Å². The molecule has 1 saturated heterocycles. The number of nitrogens with one attached hydrogen (secondary N) is 1. The van der Waals surface area contributed by atoms with E-state index in [1.54, 1.807) is 7.11 Å². The van der Waals surface area contributed by atoms with E-state index in [9.17, 15) is 0 Å². The molecule has 0 bridgehead atoms.